The van der Waals surface area contributed by atoms with E-state index in [1.807, 2.05) is 0 Å². The summed E-state index contributed by atoms with van der Waals surface area (Å²) in [6.45, 7) is 0.477. The molecule has 0 N–H and O–H groups in total. The normalized spacial score (nSPS) is 15.9. The lowest BCUT2D eigenvalue weighted by molar-refractivity contribution is -0.609. The molecule has 0 saturated carbocycles. The maximum absolute atomic E-state index is 12.1. The lowest BCUT2D eigenvalue weighted by atomic mass is 9.96. The van der Waals surface area contributed by atoms with Crippen LogP contribution in [0.25, 0.3) is 0 Å². The molecule has 0 fully saturated rings. The predicted molar refractivity (Wildman–Crippen MR) is 36.3 cm³/mol. The zero-order valence-corrected chi connectivity index (χ0v) is 6.76. The van der Waals surface area contributed by atoms with Crippen LogP contribution in [0.5, 0.6) is 0 Å². The van der Waals surface area contributed by atoms with Crippen LogP contribution < -0.4 is 0 Å². The van der Waals surface area contributed by atoms with Gasteiger partial charge in [-0.15, -0.1) is 0 Å². The predicted octanol–water partition coefficient (Wildman–Crippen LogP) is 1.89. The van der Waals surface area contributed by atoms with Crippen molar-refractivity contribution < 1.29 is 18.1 Å². The fourth-order valence-electron chi connectivity index (χ4n) is 0.636. The molecule has 0 spiro atoms. The summed E-state index contributed by atoms with van der Waals surface area (Å²) in [5, 5.41) is 18.2. The van der Waals surface area contributed by atoms with Gasteiger partial charge in [0, 0.05) is 24.7 Å². The third-order valence-electron chi connectivity index (χ3n) is 1.74. The van der Waals surface area contributed by atoms with Crippen molar-refractivity contribution in [2.75, 3.05) is 0 Å². The zero-order chi connectivity index (χ0) is 10.7. The Labute approximate surface area is 72.1 Å². The highest BCUT2D eigenvalue weighted by Gasteiger charge is 2.61. The van der Waals surface area contributed by atoms with Gasteiger partial charge in [0.15, 0.2) is 0 Å². The van der Waals surface area contributed by atoms with E-state index in [-0.39, 0.29) is 0 Å². The highest BCUT2D eigenvalue weighted by atomic mass is 19.4. The van der Waals surface area contributed by atoms with Crippen molar-refractivity contribution in [1.29, 1.82) is 5.26 Å². The van der Waals surface area contributed by atoms with Crippen molar-refractivity contribution in [2.45, 2.75) is 31.5 Å². The third-order valence-corrected chi connectivity index (χ3v) is 1.74. The average molecular weight is 196 g/mol. The second-order valence-electron chi connectivity index (χ2n) is 2.69. The molecule has 0 amide bonds. The van der Waals surface area contributed by atoms with E-state index in [9.17, 15) is 23.3 Å². The first-order chi connectivity index (χ1) is 5.75. The Bertz CT molecular complexity index is 245. The topological polar surface area (TPSA) is 66.9 Å². The van der Waals surface area contributed by atoms with E-state index in [0.29, 0.717) is 6.92 Å². The summed E-state index contributed by atoms with van der Waals surface area (Å²) in [6.07, 6.45) is -6.23. The summed E-state index contributed by atoms with van der Waals surface area (Å²) in [6, 6.07) is 1.45. The van der Waals surface area contributed by atoms with Gasteiger partial charge in [-0.1, -0.05) is 0 Å². The molecule has 0 aliphatic carbocycles. The van der Waals surface area contributed by atoms with Gasteiger partial charge in [0.1, 0.15) is 0 Å². The lowest BCUT2D eigenvalue weighted by Gasteiger charge is -2.22. The Morgan fingerprint density at radius 3 is 2.23 bits per heavy atom. The molecule has 0 saturated heterocycles. The number of alkyl halides is 3. The monoisotopic (exact) mass is 196 g/mol. The molecule has 0 aromatic carbocycles. The second-order valence-corrected chi connectivity index (χ2v) is 2.69. The fourth-order valence-corrected chi connectivity index (χ4v) is 0.636. The van der Waals surface area contributed by atoms with Crippen molar-refractivity contribution in [1.82, 2.24) is 0 Å². The van der Waals surface area contributed by atoms with Gasteiger partial charge in [-0.3, -0.25) is 10.1 Å². The van der Waals surface area contributed by atoms with Crippen LogP contribution in [0.3, 0.4) is 0 Å². The molecule has 7 heteroatoms. The largest absolute Gasteiger partial charge is 0.460 e. The Morgan fingerprint density at radius 2 is 2.00 bits per heavy atom. The summed E-state index contributed by atoms with van der Waals surface area (Å²) in [5.41, 5.74) is -3.01. The third kappa shape index (κ3) is 2.31. The molecule has 0 aromatic heterocycles. The SMILES string of the molecule is CC(CCC#N)([N+](=O)[O-])C(F)(F)F. The van der Waals surface area contributed by atoms with Crippen molar-refractivity contribution in [3.05, 3.63) is 10.1 Å². The van der Waals surface area contributed by atoms with E-state index in [4.69, 9.17) is 5.26 Å². The minimum Gasteiger partial charge on any atom is -0.264 e. The Balaban J connectivity index is 4.77. The van der Waals surface area contributed by atoms with Crippen LogP contribution in [0.1, 0.15) is 19.8 Å². The Kier molecular flexibility index (Phi) is 3.23. The molecule has 0 bridgehead atoms. The van der Waals surface area contributed by atoms with Crippen LogP contribution in [-0.4, -0.2) is 16.6 Å². The van der Waals surface area contributed by atoms with E-state index in [2.05, 4.69) is 0 Å². The van der Waals surface area contributed by atoms with E-state index in [0.717, 1.165) is 0 Å². The number of halogens is 3. The minimum atomic E-state index is -4.92. The smallest absolute Gasteiger partial charge is 0.264 e. The molecule has 0 heterocycles. The van der Waals surface area contributed by atoms with Crippen molar-refractivity contribution >= 4 is 0 Å². The van der Waals surface area contributed by atoms with E-state index in [1.165, 1.54) is 6.07 Å². The van der Waals surface area contributed by atoms with Crippen LogP contribution in [0.4, 0.5) is 13.2 Å². The van der Waals surface area contributed by atoms with Gasteiger partial charge in [-0.05, 0) is 0 Å². The molecule has 0 aliphatic rings. The van der Waals surface area contributed by atoms with Gasteiger partial charge in [0.2, 0.25) is 0 Å². The molecule has 4 nitrogen and oxygen atoms in total. The molecule has 0 radical (unpaired) electrons. The fraction of sp³-hybridized carbons (Fsp3) is 0.833. The van der Waals surface area contributed by atoms with Gasteiger partial charge < -0.3 is 0 Å². The summed E-state index contributed by atoms with van der Waals surface area (Å²) < 4.78 is 36.4. The zero-order valence-electron chi connectivity index (χ0n) is 6.76. The van der Waals surface area contributed by atoms with Gasteiger partial charge in [0.05, 0.1) is 6.07 Å². The minimum absolute atomic E-state index is 0.477. The highest BCUT2D eigenvalue weighted by Crippen LogP contribution is 2.36. The molecule has 0 rings (SSSR count). The second kappa shape index (κ2) is 3.60. The van der Waals surface area contributed by atoms with Gasteiger partial charge in [0.25, 0.3) is 0 Å². The molecule has 0 aromatic rings. The van der Waals surface area contributed by atoms with E-state index >= 15 is 0 Å². The van der Waals surface area contributed by atoms with Crippen molar-refractivity contribution in [2.24, 2.45) is 0 Å². The standard InChI is InChI=1S/C6H7F3N2O2/c1-5(11(12)13,3-2-4-10)6(7,8)9/h2-3H2,1H3. The summed E-state index contributed by atoms with van der Waals surface area (Å²) in [7, 11) is 0. The Hall–Kier alpha value is -1.32. The molecular formula is C6H7F3N2O2. The number of hydrogen-bond donors (Lipinski definition) is 0. The van der Waals surface area contributed by atoms with Crippen LogP contribution in [-0.2, 0) is 0 Å². The lowest BCUT2D eigenvalue weighted by Crippen LogP contribution is -2.49. The number of nitriles is 1. The molecular weight excluding hydrogens is 189 g/mol. The molecule has 1 unspecified atom stereocenters. The molecule has 1 atom stereocenters. The van der Waals surface area contributed by atoms with Crippen molar-refractivity contribution in [3.8, 4) is 6.07 Å². The number of nitrogens with zero attached hydrogens (tertiary/aromatic N) is 2. The number of nitro groups is 1. The summed E-state index contributed by atoms with van der Waals surface area (Å²) in [5.74, 6) is 0. The average Bonchev–Trinajstić information content (AvgIpc) is 1.97. The number of hydrogen-bond acceptors (Lipinski definition) is 3. The van der Waals surface area contributed by atoms with E-state index in [1.54, 1.807) is 0 Å². The van der Waals surface area contributed by atoms with Gasteiger partial charge >= 0.3 is 11.7 Å². The number of rotatable bonds is 3. The molecule has 74 valence electrons. The van der Waals surface area contributed by atoms with Crippen molar-refractivity contribution in [3.63, 3.8) is 0 Å². The first kappa shape index (κ1) is 11.7. The Morgan fingerprint density at radius 1 is 1.54 bits per heavy atom. The van der Waals surface area contributed by atoms with Crippen LogP contribution in [0.15, 0.2) is 0 Å². The first-order valence-electron chi connectivity index (χ1n) is 3.34. The van der Waals surface area contributed by atoms with Gasteiger partial charge in [-0.25, -0.2) is 0 Å². The maximum atomic E-state index is 12.1. The maximum Gasteiger partial charge on any atom is 0.460 e. The summed E-state index contributed by atoms with van der Waals surface area (Å²) in [4.78, 5) is 8.75. The first-order valence-corrected chi connectivity index (χ1v) is 3.34. The van der Waals surface area contributed by atoms with Crippen LogP contribution >= 0.6 is 0 Å². The quantitative estimate of drug-likeness (QED) is 0.511. The van der Waals surface area contributed by atoms with Crippen LogP contribution in [0.2, 0.25) is 0 Å². The highest BCUT2D eigenvalue weighted by molar-refractivity contribution is 4.86. The molecule has 0 aliphatic heterocycles. The van der Waals surface area contributed by atoms with Gasteiger partial charge in [-0.2, -0.15) is 18.4 Å². The summed E-state index contributed by atoms with van der Waals surface area (Å²) >= 11 is 0. The molecule has 13 heavy (non-hydrogen) atoms. The van der Waals surface area contributed by atoms with Crippen LogP contribution in [0, 0.1) is 21.4 Å². The van der Waals surface area contributed by atoms with E-state index < -0.39 is 29.5 Å².